The van der Waals surface area contributed by atoms with Crippen LogP contribution in [0.15, 0.2) is 4.52 Å². The summed E-state index contributed by atoms with van der Waals surface area (Å²) < 4.78 is 5.07. The summed E-state index contributed by atoms with van der Waals surface area (Å²) in [5, 5.41) is 3.89. The van der Waals surface area contributed by atoms with E-state index >= 15 is 0 Å². The highest BCUT2D eigenvalue weighted by Gasteiger charge is 2.13. The number of anilines is 1. The lowest BCUT2D eigenvalue weighted by Crippen LogP contribution is -2.33. The molecule has 1 heterocycles. The molecule has 0 saturated heterocycles. The Morgan fingerprint density at radius 1 is 1.54 bits per heavy atom. The van der Waals surface area contributed by atoms with Crippen molar-refractivity contribution in [2.24, 2.45) is 5.73 Å². The SMILES string of the molecule is Cc1noc(C)c1N(C)CC(C)N. The van der Waals surface area contributed by atoms with Crippen LogP contribution >= 0.6 is 0 Å². The number of likely N-dealkylation sites (N-methyl/N-ethyl adjacent to an activating group) is 1. The van der Waals surface area contributed by atoms with Crippen molar-refractivity contribution in [1.29, 1.82) is 0 Å². The molecular weight excluding hydrogens is 166 g/mol. The smallest absolute Gasteiger partial charge is 0.157 e. The average molecular weight is 183 g/mol. The molecule has 0 fully saturated rings. The van der Waals surface area contributed by atoms with E-state index in [0.717, 1.165) is 23.7 Å². The molecule has 0 aliphatic heterocycles. The number of nitrogens with two attached hydrogens (primary N) is 1. The van der Waals surface area contributed by atoms with Crippen LogP contribution in [-0.2, 0) is 0 Å². The van der Waals surface area contributed by atoms with Crippen LogP contribution < -0.4 is 10.6 Å². The number of rotatable bonds is 3. The Labute approximate surface area is 78.7 Å². The summed E-state index contributed by atoms with van der Waals surface area (Å²) in [4.78, 5) is 2.08. The van der Waals surface area contributed by atoms with Crippen LogP contribution in [-0.4, -0.2) is 24.8 Å². The maximum Gasteiger partial charge on any atom is 0.157 e. The van der Waals surface area contributed by atoms with Gasteiger partial charge in [0.1, 0.15) is 11.4 Å². The van der Waals surface area contributed by atoms with Crippen LogP contribution in [0.2, 0.25) is 0 Å². The van der Waals surface area contributed by atoms with Gasteiger partial charge in [-0.3, -0.25) is 0 Å². The molecule has 4 nitrogen and oxygen atoms in total. The second-order valence-corrected chi connectivity index (χ2v) is 3.53. The molecule has 0 bridgehead atoms. The third-order valence-corrected chi connectivity index (χ3v) is 1.94. The lowest BCUT2D eigenvalue weighted by atomic mass is 10.2. The Bertz CT molecular complexity index is 261. The molecule has 1 aromatic heterocycles. The quantitative estimate of drug-likeness (QED) is 0.761. The Balaban J connectivity index is 2.81. The van der Waals surface area contributed by atoms with Gasteiger partial charge in [0, 0.05) is 19.6 Å². The van der Waals surface area contributed by atoms with E-state index in [-0.39, 0.29) is 6.04 Å². The van der Waals surface area contributed by atoms with Crippen LogP contribution in [0.4, 0.5) is 5.69 Å². The Hall–Kier alpha value is -1.03. The summed E-state index contributed by atoms with van der Waals surface area (Å²) in [6.07, 6.45) is 0. The highest BCUT2D eigenvalue weighted by Crippen LogP contribution is 2.22. The van der Waals surface area contributed by atoms with Gasteiger partial charge in [0.25, 0.3) is 0 Å². The van der Waals surface area contributed by atoms with Crippen molar-refractivity contribution >= 4 is 5.69 Å². The summed E-state index contributed by atoms with van der Waals surface area (Å²) in [6.45, 7) is 6.63. The fraction of sp³-hybridized carbons (Fsp3) is 0.667. The Kier molecular flexibility index (Phi) is 2.93. The van der Waals surface area contributed by atoms with E-state index in [4.69, 9.17) is 10.3 Å². The van der Waals surface area contributed by atoms with Crippen LogP contribution in [0, 0.1) is 13.8 Å². The lowest BCUT2D eigenvalue weighted by molar-refractivity contribution is 0.393. The largest absolute Gasteiger partial charge is 0.369 e. The lowest BCUT2D eigenvalue weighted by Gasteiger charge is -2.20. The molecule has 4 heteroatoms. The Morgan fingerprint density at radius 2 is 2.15 bits per heavy atom. The number of aryl methyl sites for hydroxylation is 2. The molecule has 1 unspecified atom stereocenters. The maximum atomic E-state index is 5.71. The topological polar surface area (TPSA) is 55.3 Å². The van der Waals surface area contributed by atoms with E-state index in [9.17, 15) is 0 Å². The molecule has 1 aromatic rings. The average Bonchev–Trinajstić information content (AvgIpc) is 2.29. The molecule has 0 amide bonds. The summed E-state index contributed by atoms with van der Waals surface area (Å²) in [5.74, 6) is 0.848. The summed E-state index contributed by atoms with van der Waals surface area (Å²) >= 11 is 0. The van der Waals surface area contributed by atoms with Crippen LogP contribution in [0.25, 0.3) is 0 Å². The second kappa shape index (κ2) is 3.79. The molecule has 0 aliphatic carbocycles. The molecule has 0 spiro atoms. The van der Waals surface area contributed by atoms with Gasteiger partial charge < -0.3 is 15.2 Å². The fourth-order valence-electron chi connectivity index (χ4n) is 1.55. The molecule has 0 saturated carbocycles. The third kappa shape index (κ3) is 2.21. The van der Waals surface area contributed by atoms with Crippen molar-refractivity contribution in [3.63, 3.8) is 0 Å². The molecule has 13 heavy (non-hydrogen) atoms. The van der Waals surface area contributed by atoms with Gasteiger partial charge in [-0.05, 0) is 20.8 Å². The fourth-order valence-corrected chi connectivity index (χ4v) is 1.55. The van der Waals surface area contributed by atoms with Crippen LogP contribution in [0.5, 0.6) is 0 Å². The first-order valence-electron chi connectivity index (χ1n) is 4.42. The maximum absolute atomic E-state index is 5.71. The molecule has 74 valence electrons. The summed E-state index contributed by atoms with van der Waals surface area (Å²) in [6, 6.07) is 0.152. The van der Waals surface area contributed by atoms with Crippen molar-refractivity contribution in [3.05, 3.63) is 11.5 Å². The minimum atomic E-state index is 0.152. The van der Waals surface area contributed by atoms with Gasteiger partial charge in [-0.25, -0.2) is 0 Å². The van der Waals surface area contributed by atoms with Crippen molar-refractivity contribution in [2.45, 2.75) is 26.8 Å². The number of aromatic nitrogens is 1. The molecule has 0 aromatic carbocycles. The molecule has 0 radical (unpaired) electrons. The van der Waals surface area contributed by atoms with Gasteiger partial charge in [-0.2, -0.15) is 0 Å². The van der Waals surface area contributed by atoms with Crippen LogP contribution in [0.3, 0.4) is 0 Å². The molecular formula is C9H17N3O. The highest BCUT2D eigenvalue weighted by molar-refractivity contribution is 5.52. The van der Waals surface area contributed by atoms with Gasteiger partial charge in [-0.1, -0.05) is 5.16 Å². The first-order chi connectivity index (χ1) is 6.02. The summed E-state index contributed by atoms with van der Waals surface area (Å²) in [5.41, 5.74) is 7.68. The van der Waals surface area contributed by atoms with E-state index in [2.05, 4.69) is 10.1 Å². The highest BCUT2D eigenvalue weighted by atomic mass is 16.5. The van der Waals surface area contributed by atoms with E-state index in [0.29, 0.717) is 0 Å². The monoisotopic (exact) mass is 183 g/mol. The standard InChI is InChI=1S/C9H17N3O/c1-6(10)5-12(4)9-7(2)11-13-8(9)3/h6H,5,10H2,1-4H3. The van der Waals surface area contributed by atoms with E-state index < -0.39 is 0 Å². The predicted molar refractivity (Wildman–Crippen MR) is 52.9 cm³/mol. The van der Waals surface area contributed by atoms with E-state index in [1.54, 1.807) is 0 Å². The van der Waals surface area contributed by atoms with Crippen molar-refractivity contribution in [2.75, 3.05) is 18.5 Å². The Morgan fingerprint density at radius 3 is 2.54 bits per heavy atom. The predicted octanol–water partition coefficient (Wildman–Crippen LogP) is 1.07. The van der Waals surface area contributed by atoms with Crippen molar-refractivity contribution in [1.82, 2.24) is 5.16 Å². The zero-order valence-electron chi connectivity index (χ0n) is 8.66. The van der Waals surface area contributed by atoms with E-state index in [1.807, 2.05) is 27.8 Å². The van der Waals surface area contributed by atoms with Gasteiger partial charge in [0.15, 0.2) is 5.76 Å². The van der Waals surface area contributed by atoms with Crippen LogP contribution in [0.1, 0.15) is 18.4 Å². The minimum Gasteiger partial charge on any atom is -0.369 e. The van der Waals surface area contributed by atoms with Crippen molar-refractivity contribution < 1.29 is 4.52 Å². The minimum absolute atomic E-state index is 0.152. The first-order valence-corrected chi connectivity index (χ1v) is 4.42. The van der Waals surface area contributed by atoms with Gasteiger partial charge >= 0.3 is 0 Å². The third-order valence-electron chi connectivity index (χ3n) is 1.94. The number of hydrogen-bond acceptors (Lipinski definition) is 4. The normalized spacial score (nSPS) is 13.0. The zero-order chi connectivity index (χ0) is 10.0. The van der Waals surface area contributed by atoms with Gasteiger partial charge in [-0.15, -0.1) is 0 Å². The van der Waals surface area contributed by atoms with Gasteiger partial charge in [0.2, 0.25) is 0 Å². The second-order valence-electron chi connectivity index (χ2n) is 3.53. The molecule has 0 aliphatic rings. The van der Waals surface area contributed by atoms with Gasteiger partial charge in [0.05, 0.1) is 0 Å². The molecule has 1 atom stereocenters. The molecule has 1 rings (SSSR count). The number of nitrogens with zero attached hydrogens (tertiary/aromatic N) is 2. The van der Waals surface area contributed by atoms with E-state index in [1.165, 1.54) is 0 Å². The molecule has 2 N–H and O–H groups in total. The number of hydrogen-bond donors (Lipinski definition) is 1. The first kappa shape index (κ1) is 10.1. The summed E-state index contributed by atoms with van der Waals surface area (Å²) in [7, 11) is 2.00. The zero-order valence-corrected chi connectivity index (χ0v) is 8.66. The van der Waals surface area contributed by atoms with Crippen molar-refractivity contribution in [3.8, 4) is 0 Å².